The molecule has 1 fully saturated rings. The van der Waals surface area contributed by atoms with Gasteiger partial charge in [0, 0.05) is 0 Å². The Morgan fingerprint density at radius 3 is 2.57 bits per heavy atom. The van der Waals surface area contributed by atoms with Gasteiger partial charge in [-0.1, -0.05) is 18.2 Å². The zero-order valence-corrected chi connectivity index (χ0v) is 18.4. The molecule has 1 N–H and O–H groups in total. The Hall–Kier alpha value is -2.73. The summed E-state index contributed by atoms with van der Waals surface area (Å²) in [5.74, 6) is 1.40. The van der Waals surface area contributed by atoms with Gasteiger partial charge in [0.2, 0.25) is 0 Å². The summed E-state index contributed by atoms with van der Waals surface area (Å²) in [5, 5.41) is 1.92. The molecular weight excluding hydrogens is 398 g/mol. The van der Waals surface area contributed by atoms with Crippen LogP contribution in [0.25, 0.3) is 6.08 Å². The van der Waals surface area contributed by atoms with Gasteiger partial charge in [-0.3, -0.25) is 14.9 Å². The summed E-state index contributed by atoms with van der Waals surface area (Å²) in [6.45, 7) is 8.93. The fourth-order valence-corrected chi connectivity index (χ4v) is 4.49. The predicted octanol–water partition coefficient (Wildman–Crippen LogP) is 5.10. The van der Waals surface area contributed by atoms with Gasteiger partial charge in [0.25, 0.3) is 11.1 Å². The Morgan fingerprint density at radius 1 is 1.17 bits per heavy atom. The first-order chi connectivity index (χ1) is 14.2. The lowest BCUT2D eigenvalue weighted by Crippen LogP contribution is -2.42. The number of amides is 2. The van der Waals surface area contributed by atoms with Crippen molar-refractivity contribution in [3.63, 3.8) is 0 Å². The standard InChI is InChI=1S/C24H25NO4S/c1-14-11-15(2)19-9-10-24(4,29-21(19)16(14)3)13-28-18-7-5-17(6-8-18)12-20-22(26)25-23(27)30-20/h5-8,11-12H,9-10,13H2,1-4H3,(H,25,26,27)/b20-12-. The zero-order chi connectivity index (χ0) is 21.5. The molecule has 2 aromatic rings. The number of nitrogens with one attached hydrogen (secondary N) is 1. The predicted molar refractivity (Wildman–Crippen MR) is 119 cm³/mol. The van der Waals surface area contributed by atoms with E-state index in [2.05, 4.69) is 39.1 Å². The second-order valence-corrected chi connectivity index (χ2v) is 9.22. The molecule has 1 atom stereocenters. The maximum absolute atomic E-state index is 11.7. The lowest BCUT2D eigenvalue weighted by Gasteiger charge is -2.37. The number of fused-ring (bicyclic) bond motifs is 1. The summed E-state index contributed by atoms with van der Waals surface area (Å²) in [7, 11) is 0. The van der Waals surface area contributed by atoms with Gasteiger partial charge in [-0.25, -0.2) is 0 Å². The van der Waals surface area contributed by atoms with E-state index in [4.69, 9.17) is 9.47 Å². The third kappa shape index (κ3) is 4.10. The van der Waals surface area contributed by atoms with Gasteiger partial charge in [-0.15, -0.1) is 0 Å². The molecule has 0 saturated carbocycles. The van der Waals surface area contributed by atoms with Gasteiger partial charge in [0.05, 0.1) is 4.91 Å². The van der Waals surface area contributed by atoms with Crippen LogP contribution in [-0.2, 0) is 11.2 Å². The minimum absolute atomic E-state index is 0.339. The summed E-state index contributed by atoms with van der Waals surface area (Å²) in [6.07, 6.45) is 3.58. The summed E-state index contributed by atoms with van der Waals surface area (Å²) in [4.78, 5) is 23.3. The Bertz CT molecular complexity index is 1060. The summed E-state index contributed by atoms with van der Waals surface area (Å²) in [6, 6.07) is 9.71. The summed E-state index contributed by atoms with van der Waals surface area (Å²) in [5.41, 5.74) is 5.49. The van der Waals surface area contributed by atoms with Gasteiger partial charge < -0.3 is 9.47 Å². The Kier molecular flexibility index (Phi) is 5.36. The van der Waals surface area contributed by atoms with Gasteiger partial charge in [0.15, 0.2) is 0 Å². The quantitative estimate of drug-likeness (QED) is 0.693. The van der Waals surface area contributed by atoms with E-state index in [0.717, 1.165) is 41.7 Å². The molecule has 0 radical (unpaired) electrons. The average Bonchev–Trinajstić information content (AvgIpc) is 3.02. The van der Waals surface area contributed by atoms with E-state index < -0.39 is 5.60 Å². The highest BCUT2D eigenvalue weighted by molar-refractivity contribution is 8.18. The molecule has 0 bridgehead atoms. The van der Waals surface area contributed by atoms with Crippen LogP contribution < -0.4 is 14.8 Å². The summed E-state index contributed by atoms with van der Waals surface area (Å²) < 4.78 is 12.5. The normalized spacial score (nSPS) is 21.9. The van der Waals surface area contributed by atoms with Crippen molar-refractivity contribution >= 4 is 29.0 Å². The molecule has 5 nitrogen and oxygen atoms in total. The van der Waals surface area contributed by atoms with Crippen molar-refractivity contribution in [2.75, 3.05) is 6.61 Å². The van der Waals surface area contributed by atoms with E-state index in [9.17, 15) is 9.59 Å². The van der Waals surface area contributed by atoms with Crippen molar-refractivity contribution < 1.29 is 19.1 Å². The van der Waals surface area contributed by atoms with Crippen LogP contribution in [0, 0.1) is 20.8 Å². The molecule has 0 spiro atoms. The van der Waals surface area contributed by atoms with Crippen LogP contribution in [0.5, 0.6) is 11.5 Å². The van der Waals surface area contributed by atoms with Crippen LogP contribution in [0.3, 0.4) is 0 Å². The molecule has 4 rings (SSSR count). The zero-order valence-electron chi connectivity index (χ0n) is 17.6. The van der Waals surface area contributed by atoms with Crippen molar-refractivity contribution in [1.82, 2.24) is 5.32 Å². The van der Waals surface area contributed by atoms with Crippen molar-refractivity contribution in [2.24, 2.45) is 0 Å². The Balaban J connectivity index is 1.43. The van der Waals surface area contributed by atoms with Crippen LogP contribution >= 0.6 is 11.8 Å². The molecule has 0 aromatic heterocycles. The van der Waals surface area contributed by atoms with Gasteiger partial charge in [-0.2, -0.15) is 0 Å². The van der Waals surface area contributed by atoms with E-state index >= 15 is 0 Å². The van der Waals surface area contributed by atoms with Gasteiger partial charge >= 0.3 is 0 Å². The third-order valence-corrected chi connectivity index (χ3v) is 6.54. The molecule has 0 aliphatic carbocycles. The molecule has 2 aliphatic rings. The van der Waals surface area contributed by atoms with Gasteiger partial charge in [0.1, 0.15) is 23.7 Å². The second kappa shape index (κ2) is 7.84. The average molecular weight is 424 g/mol. The molecular formula is C24H25NO4S. The number of carbonyl (C=O) groups excluding carboxylic acids is 2. The largest absolute Gasteiger partial charge is 0.489 e. The number of thioether (sulfide) groups is 1. The van der Waals surface area contributed by atoms with Crippen molar-refractivity contribution in [3.05, 3.63) is 63.1 Å². The highest BCUT2D eigenvalue weighted by Gasteiger charge is 2.34. The molecule has 1 saturated heterocycles. The topological polar surface area (TPSA) is 64.6 Å². The maximum Gasteiger partial charge on any atom is 0.290 e. The Labute approximate surface area is 180 Å². The molecule has 2 heterocycles. The van der Waals surface area contributed by atoms with E-state index in [1.807, 2.05) is 24.3 Å². The molecule has 2 aromatic carbocycles. The number of aryl methyl sites for hydroxylation is 2. The molecule has 6 heteroatoms. The van der Waals surface area contributed by atoms with Crippen molar-refractivity contribution in [1.29, 1.82) is 0 Å². The lowest BCUT2D eigenvalue weighted by atomic mass is 9.88. The highest BCUT2D eigenvalue weighted by Crippen LogP contribution is 2.39. The number of imide groups is 1. The molecule has 1 unspecified atom stereocenters. The van der Waals surface area contributed by atoms with Crippen molar-refractivity contribution in [3.8, 4) is 11.5 Å². The van der Waals surface area contributed by atoms with E-state index in [1.54, 1.807) is 6.08 Å². The molecule has 2 amide bonds. The Morgan fingerprint density at radius 2 is 1.90 bits per heavy atom. The third-order valence-electron chi connectivity index (χ3n) is 5.73. The number of hydrogen-bond donors (Lipinski definition) is 1. The van der Waals surface area contributed by atoms with Crippen LogP contribution in [0.2, 0.25) is 0 Å². The first kappa shape index (κ1) is 20.5. The number of benzene rings is 2. The molecule has 2 aliphatic heterocycles. The van der Waals surface area contributed by atoms with Crippen LogP contribution in [0.15, 0.2) is 35.2 Å². The number of ether oxygens (including phenoxy) is 2. The number of rotatable bonds is 4. The molecule has 156 valence electrons. The minimum atomic E-state index is -0.391. The first-order valence-corrected chi connectivity index (χ1v) is 10.8. The lowest BCUT2D eigenvalue weighted by molar-refractivity contribution is -0.115. The van der Waals surface area contributed by atoms with E-state index in [0.29, 0.717) is 11.5 Å². The van der Waals surface area contributed by atoms with E-state index in [1.165, 1.54) is 22.3 Å². The second-order valence-electron chi connectivity index (χ2n) is 8.20. The monoisotopic (exact) mass is 423 g/mol. The minimum Gasteiger partial charge on any atom is -0.489 e. The van der Waals surface area contributed by atoms with Gasteiger partial charge in [-0.05, 0) is 98.3 Å². The highest BCUT2D eigenvalue weighted by atomic mass is 32.2. The van der Waals surface area contributed by atoms with Crippen LogP contribution in [0.1, 0.15) is 41.2 Å². The van der Waals surface area contributed by atoms with Crippen molar-refractivity contribution in [2.45, 2.75) is 46.1 Å². The van der Waals surface area contributed by atoms with Crippen LogP contribution in [-0.4, -0.2) is 23.4 Å². The van der Waals surface area contributed by atoms with E-state index in [-0.39, 0.29) is 11.1 Å². The fourth-order valence-electron chi connectivity index (χ4n) is 3.81. The number of hydrogen-bond acceptors (Lipinski definition) is 5. The smallest absolute Gasteiger partial charge is 0.290 e. The van der Waals surface area contributed by atoms with Crippen LogP contribution in [0.4, 0.5) is 4.79 Å². The maximum atomic E-state index is 11.7. The molecule has 30 heavy (non-hydrogen) atoms. The first-order valence-electron chi connectivity index (χ1n) is 10.0. The summed E-state index contributed by atoms with van der Waals surface area (Å²) >= 11 is 0.912. The number of carbonyl (C=O) groups is 2. The fraction of sp³-hybridized carbons (Fsp3) is 0.333. The SMILES string of the molecule is Cc1cc(C)c2c(c1C)OC(C)(COc1ccc(/C=C3\SC(=O)NC3=O)cc1)CC2.